The van der Waals surface area contributed by atoms with Gasteiger partial charge in [-0.25, -0.2) is 0 Å². The highest BCUT2D eigenvalue weighted by Gasteiger charge is 2.32. The van der Waals surface area contributed by atoms with Gasteiger partial charge >= 0.3 is 0 Å². The van der Waals surface area contributed by atoms with Gasteiger partial charge in [0.1, 0.15) is 0 Å². The van der Waals surface area contributed by atoms with E-state index >= 15 is 0 Å². The summed E-state index contributed by atoms with van der Waals surface area (Å²) in [4.78, 5) is 25.2. The van der Waals surface area contributed by atoms with Crippen LogP contribution in [0.4, 0.5) is 0 Å². The van der Waals surface area contributed by atoms with Gasteiger partial charge < -0.3 is 9.64 Å². The number of amides is 1. The number of Topliss-reactive ketones (excluding diaryl/α,β-unsaturated/α-hetero) is 1. The molecule has 2 atom stereocenters. The number of rotatable bonds is 4. The molecule has 2 rings (SSSR count). The Bertz CT molecular complexity index is 284. The molecular formula is C12H19NO3. The summed E-state index contributed by atoms with van der Waals surface area (Å²) in [6.07, 6.45) is 2.45. The fraction of sp³-hybridized carbons (Fsp3) is 0.833. The third-order valence-electron chi connectivity index (χ3n) is 3.60. The first kappa shape index (κ1) is 11.6. The quantitative estimate of drug-likeness (QED) is 0.712. The van der Waals surface area contributed by atoms with Crippen LogP contribution >= 0.6 is 0 Å². The highest BCUT2D eigenvalue weighted by molar-refractivity contribution is 5.88. The van der Waals surface area contributed by atoms with E-state index in [1.807, 2.05) is 0 Å². The van der Waals surface area contributed by atoms with E-state index in [0.717, 1.165) is 19.4 Å². The Morgan fingerprint density at radius 1 is 1.56 bits per heavy atom. The van der Waals surface area contributed by atoms with Crippen LogP contribution in [0.3, 0.4) is 0 Å². The van der Waals surface area contributed by atoms with Crippen molar-refractivity contribution in [1.29, 1.82) is 0 Å². The Kier molecular flexibility index (Phi) is 3.59. The summed E-state index contributed by atoms with van der Waals surface area (Å²) in [5.74, 6) is 0.773. The second kappa shape index (κ2) is 4.95. The van der Waals surface area contributed by atoms with Crippen LogP contribution in [0.2, 0.25) is 0 Å². The summed E-state index contributed by atoms with van der Waals surface area (Å²) >= 11 is 0. The standard InChI is InChI=1S/C12H19NO3/c1-2-9-5-12(15)13(6-9)7-11(14)10-3-4-16-8-10/h9-10H,2-8H2,1H3. The highest BCUT2D eigenvalue weighted by Crippen LogP contribution is 2.21. The second-order valence-corrected chi connectivity index (χ2v) is 4.78. The van der Waals surface area contributed by atoms with Gasteiger partial charge in [0.2, 0.25) is 5.91 Å². The Hall–Kier alpha value is -0.900. The smallest absolute Gasteiger partial charge is 0.223 e. The summed E-state index contributed by atoms with van der Waals surface area (Å²) in [5, 5.41) is 0. The highest BCUT2D eigenvalue weighted by atomic mass is 16.5. The van der Waals surface area contributed by atoms with Gasteiger partial charge in [0.05, 0.1) is 13.2 Å². The summed E-state index contributed by atoms with van der Waals surface area (Å²) in [7, 11) is 0. The largest absolute Gasteiger partial charge is 0.381 e. The fourth-order valence-electron chi connectivity index (χ4n) is 2.39. The van der Waals surface area contributed by atoms with E-state index in [4.69, 9.17) is 4.74 Å². The predicted molar refractivity (Wildman–Crippen MR) is 58.9 cm³/mol. The van der Waals surface area contributed by atoms with Crippen LogP contribution in [0.5, 0.6) is 0 Å². The molecule has 0 bridgehead atoms. The van der Waals surface area contributed by atoms with Crippen molar-refractivity contribution in [2.24, 2.45) is 11.8 Å². The molecule has 0 N–H and O–H groups in total. The lowest BCUT2D eigenvalue weighted by Gasteiger charge is -2.17. The van der Waals surface area contributed by atoms with E-state index in [1.54, 1.807) is 4.90 Å². The molecule has 2 fully saturated rings. The molecule has 0 saturated carbocycles. The molecule has 2 aliphatic heterocycles. The maximum absolute atomic E-state index is 11.9. The molecule has 0 radical (unpaired) electrons. The monoisotopic (exact) mass is 225 g/mol. The summed E-state index contributed by atoms with van der Waals surface area (Å²) in [6, 6.07) is 0. The number of carbonyl (C=O) groups excluding carboxylic acids is 2. The first-order valence-corrected chi connectivity index (χ1v) is 6.09. The van der Waals surface area contributed by atoms with Crippen LogP contribution in [-0.2, 0) is 14.3 Å². The van der Waals surface area contributed by atoms with Crippen molar-refractivity contribution in [2.45, 2.75) is 26.2 Å². The average Bonchev–Trinajstić information content (AvgIpc) is 2.88. The lowest BCUT2D eigenvalue weighted by Crippen LogP contribution is -2.34. The van der Waals surface area contributed by atoms with Gasteiger partial charge in [0.25, 0.3) is 0 Å². The van der Waals surface area contributed by atoms with Crippen molar-refractivity contribution in [3.8, 4) is 0 Å². The Balaban J connectivity index is 1.85. The Morgan fingerprint density at radius 2 is 2.38 bits per heavy atom. The van der Waals surface area contributed by atoms with Gasteiger partial charge in [-0.15, -0.1) is 0 Å². The lowest BCUT2D eigenvalue weighted by atomic mass is 10.0. The van der Waals surface area contributed by atoms with Crippen molar-refractivity contribution in [3.63, 3.8) is 0 Å². The molecule has 4 heteroatoms. The molecular weight excluding hydrogens is 206 g/mol. The molecule has 0 aromatic rings. The van der Waals surface area contributed by atoms with E-state index in [2.05, 4.69) is 6.92 Å². The Labute approximate surface area is 95.9 Å². The number of hydrogen-bond donors (Lipinski definition) is 0. The fourth-order valence-corrected chi connectivity index (χ4v) is 2.39. The lowest BCUT2D eigenvalue weighted by molar-refractivity contribution is -0.133. The minimum absolute atomic E-state index is 0.0217. The van der Waals surface area contributed by atoms with Crippen molar-refractivity contribution >= 4 is 11.7 Å². The Morgan fingerprint density at radius 3 is 2.94 bits per heavy atom. The molecule has 90 valence electrons. The third-order valence-corrected chi connectivity index (χ3v) is 3.60. The SMILES string of the molecule is CCC1CC(=O)N(CC(=O)C2CCOC2)C1. The minimum Gasteiger partial charge on any atom is -0.381 e. The van der Waals surface area contributed by atoms with Crippen molar-refractivity contribution in [3.05, 3.63) is 0 Å². The summed E-state index contributed by atoms with van der Waals surface area (Å²) in [6.45, 7) is 4.37. The molecule has 2 aliphatic rings. The zero-order chi connectivity index (χ0) is 11.5. The second-order valence-electron chi connectivity index (χ2n) is 4.78. The first-order valence-electron chi connectivity index (χ1n) is 6.09. The number of carbonyl (C=O) groups is 2. The van der Waals surface area contributed by atoms with Gasteiger partial charge in [-0.2, -0.15) is 0 Å². The number of nitrogens with zero attached hydrogens (tertiary/aromatic N) is 1. The van der Waals surface area contributed by atoms with E-state index in [0.29, 0.717) is 32.1 Å². The molecule has 2 unspecified atom stereocenters. The molecule has 16 heavy (non-hydrogen) atoms. The normalized spacial score (nSPS) is 30.1. The van der Waals surface area contributed by atoms with Gasteiger partial charge in [-0.3, -0.25) is 9.59 Å². The number of ketones is 1. The van der Waals surface area contributed by atoms with Crippen molar-refractivity contribution < 1.29 is 14.3 Å². The van der Waals surface area contributed by atoms with Gasteiger partial charge in [0.15, 0.2) is 5.78 Å². The van der Waals surface area contributed by atoms with Gasteiger partial charge in [0, 0.05) is 25.5 Å². The van der Waals surface area contributed by atoms with Crippen LogP contribution in [-0.4, -0.2) is 42.9 Å². The van der Waals surface area contributed by atoms with Gasteiger partial charge in [-0.05, 0) is 12.3 Å². The molecule has 0 spiro atoms. The van der Waals surface area contributed by atoms with Crippen LogP contribution in [0.15, 0.2) is 0 Å². The minimum atomic E-state index is 0.0217. The predicted octanol–water partition coefficient (Wildman–Crippen LogP) is 0.851. The molecule has 0 aliphatic carbocycles. The maximum Gasteiger partial charge on any atom is 0.223 e. The number of ether oxygens (including phenoxy) is 1. The van der Waals surface area contributed by atoms with Crippen LogP contribution in [0.1, 0.15) is 26.2 Å². The molecule has 2 saturated heterocycles. The summed E-state index contributed by atoms with van der Waals surface area (Å²) in [5.41, 5.74) is 0. The molecule has 2 heterocycles. The topological polar surface area (TPSA) is 46.6 Å². The van der Waals surface area contributed by atoms with E-state index in [9.17, 15) is 9.59 Å². The number of likely N-dealkylation sites (tertiary alicyclic amines) is 1. The zero-order valence-electron chi connectivity index (χ0n) is 9.78. The van der Waals surface area contributed by atoms with E-state index in [1.165, 1.54) is 0 Å². The molecule has 1 amide bonds. The molecule has 4 nitrogen and oxygen atoms in total. The maximum atomic E-state index is 11.9. The third kappa shape index (κ3) is 2.43. The van der Waals surface area contributed by atoms with E-state index < -0.39 is 0 Å². The average molecular weight is 225 g/mol. The van der Waals surface area contributed by atoms with Gasteiger partial charge in [-0.1, -0.05) is 13.3 Å². The van der Waals surface area contributed by atoms with Crippen molar-refractivity contribution in [1.82, 2.24) is 4.90 Å². The molecule has 0 aromatic heterocycles. The molecule has 0 aromatic carbocycles. The van der Waals surface area contributed by atoms with Crippen LogP contribution in [0.25, 0.3) is 0 Å². The summed E-state index contributed by atoms with van der Waals surface area (Å²) < 4.78 is 5.19. The number of hydrogen-bond acceptors (Lipinski definition) is 3. The van der Waals surface area contributed by atoms with Crippen molar-refractivity contribution in [2.75, 3.05) is 26.3 Å². The van der Waals surface area contributed by atoms with Crippen LogP contribution in [0, 0.1) is 11.8 Å². The van der Waals surface area contributed by atoms with E-state index in [-0.39, 0.29) is 17.6 Å². The first-order chi connectivity index (χ1) is 7.70. The van der Waals surface area contributed by atoms with Crippen LogP contribution < -0.4 is 0 Å². The zero-order valence-corrected chi connectivity index (χ0v) is 9.78.